The minimum absolute atomic E-state index is 0.0201. The Hall–Kier alpha value is -4.25. The third-order valence-electron chi connectivity index (χ3n) is 4.63. The van der Waals surface area contributed by atoms with Crippen LogP contribution < -0.4 is 26.0 Å². The number of benzene rings is 2. The SMILES string of the molecule is N#Cc1c(N)cc(Nc2ccc(N3CCNC(=O)C3)cc2)nc1Oc1ccccc1. The smallest absolute Gasteiger partial charge is 0.241 e. The molecule has 150 valence electrons. The Bertz CT molecular complexity index is 1090. The van der Waals surface area contributed by atoms with Gasteiger partial charge in [-0.3, -0.25) is 4.79 Å². The van der Waals surface area contributed by atoms with Gasteiger partial charge in [0.15, 0.2) is 0 Å². The molecule has 0 saturated carbocycles. The van der Waals surface area contributed by atoms with Crippen molar-refractivity contribution in [2.24, 2.45) is 0 Å². The van der Waals surface area contributed by atoms with Crippen molar-refractivity contribution in [3.63, 3.8) is 0 Å². The molecule has 2 aromatic carbocycles. The molecule has 0 spiro atoms. The number of aromatic nitrogens is 1. The van der Waals surface area contributed by atoms with Crippen molar-refractivity contribution in [1.29, 1.82) is 5.26 Å². The fourth-order valence-corrected chi connectivity index (χ4v) is 3.15. The molecule has 4 N–H and O–H groups in total. The molecule has 2 heterocycles. The van der Waals surface area contributed by atoms with E-state index < -0.39 is 0 Å². The number of piperazine rings is 1. The maximum atomic E-state index is 11.6. The monoisotopic (exact) mass is 400 g/mol. The fraction of sp³-hybridized carbons (Fsp3) is 0.136. The Kier molecular flexibility index (Phi) is 5.35. The van der Waals surface area contributed by atoms with Crippen molar-refractivity contribution in [3.8, 4) is 17.7 Å². The highest BCUT2D eigenvalue weighted by Crippen LogP contribution is 2.30. The third kappa shape index (κ3) is 4.25. The number of nitrogens with one attached hydrogen (secondary N) is 2. The van der Waals surface area contributed by atoms with Gasteiger partial charge in [0, 0.05) is 30.5 Å². The van der Waals surface area contributed by atoms with Crippen LogP contribution in [0, 0.1) is 11.3 Å². The van der Waals surface area contributed by atoms with Gasteiger partial charge in [-0.05, 0) is 36.4 Å². The maximum absolute atomic E-state index is 11.6. The first kappa shape index (κ1) is 19.1. The van der Waals surface area contributed by atoms with E-state index in [9.17, 15) is 10.1 Å². The molecule has 1 aliphatic rings. The summed E-state index contributed by atoms with van der Waals surface area (Å²) in [6, 6.07) is 20.4. The Balaban J connectivity index is 1.54. The highest BCUT2D eigenvalue weighted by molar-refractivity contribution is 5.82. The van der Waals surface area contributed by atoms with E-state index in [1.807, 2.05) is 53.4 Å². The first-order valence-electron chi connectivity index (χ1n) is 9.44. The normalized spacial score (nSPS) is 13.3. The lowest BCUT2D eigenvalue weighted by molar-refractivity contribution is -0.120. The van der Waals surface area contributed by atoms with Gasteiger partial charge in [0.25, 0.3) is 0 Å². The van der Waals surface area contributed by atoms with Gasteiger partial charge >= 0.3 is 0 Å². The number of hydrogen-bond donors (Lipinski definition) is 3. The maximum Gasteiger partial charge on any atom is 0.241 e. The largest absolute Gasteiger partial charge is 0.438 e. The predicted octanol–water partition coefficient (Wildman–Crippen LogP) is 3.01. The van der Waals surface area contributed by atoms with E-state index in [2.05, 4.69) is 15.6 Å². The molecule has 0 unspecified atom stereocenters. The second kappa shape index (κ2) is 8.41. The minimum Gasteiger partial charge on any atom is -0.438 e. The number of nitrogen functional groups attached to an aromatic ring is 1. The van der Waals surface area contributed by atoms with Crippen LogP contribution in [0.25, 0.3) is 0 Å². The summed E-state index contributed by atoms with van der Waals surface area (Å²) in [7, 11) is 0. The van der Waals surface area contributed by atoms with Crippen LogP contribution in [0.1, 0.15) is 5.56 Å². The molecule has 1 aromatic heterocycles. The van der Waals surface area contributed by atoms with Gasteiger partial charge in [-0.1, -0.05) is 18.2 Å². The third-order valence-corrected chi connectivity index (χ3v) is 4.63. The topological polar surface area (TPSA) is 116 Å². The zero-order valence-corrected chi connectivity index (χ0v) is 16.1. The van der Waals surface area contributed by atoms with Crippen LogP contribution in [-0.4, -0.2) is 30.5 Å². The number of ether oxygens (including phenoxy) is 1. The van der Waals surface area contributed by atoms with Crippen LogP contribution in [0.15, 0.2) is 60.7 Å². The minimum atomic E-state index is 0.0201. The van der Waals surface area contributed by atoms with Crippen LogP contribution in [0.4, 0.5) is 22.9 Å². The van der Waals surface area contributed by atoms with E-state index >= 15 is 0 Å². The summed E-state index contributed by atoms with van der Waals surface area (Å²) in [5.74, 6) is 1.18. The number of rotatable bonds is 5. The molecule has 0 radical (unpaired) electrons. The van der Waals surface area contributed by atoms with Crippen molar-refractivity contribution >= 4 is 28.8 Å². The van der Waals surface area contributed by atoms with Gasteiger partial charge in [-0.2, -0.15) is 10.2 Å². The summed E-state index contributed by atoms with van der Waals surface area (Å²) >= 11 is 0. The number of nitrogens with two attached hydrogens (primary N) is 1. The summed E-state index contributed by atoms with van der Waals surface area (Å²) in [4.78, 5) is 18.0. The Morgan fingerprint density at radius 3 is 2.63 bits per heavy atom. The molecule has 1 aliphatic heterocycles. The molecular weight excluding hydrogens is 380 g/mol. The van der Waals surface area contributed by atoms with Crippen molar-refractivity contribution in [1.82, 2.24) is 10.3 Å². The number of carbonyl (C=O) groups excluding carboxylic acids is 1. The van der Waals surface area contributed by atoms with Crippen molar-refractivity contribution in [3.05, 3.63) is 66.2 Å². The number of pyridine rings is 1. The lowest BCUT2D eigenvalue weighted by atomic mass is 10.2. The summed E-state index contributed by atoms with van der Waals surface area (Å²) in [5.41, 5.74) is 8.27. The molecule has 8 nitrogen and oxygen atoms in total. The molecule has 0 aliphatic carbocycles. The summed E-state index contributed by atoms with van der Waals surface area (Å²) in [5, 5.41) is 15.4. The standard InChI is InChI=1S/C22H20N6O2/c23-13-18-19(24)12-20(27-22(18)30-17-4-2-1-3-5-17)26-15-6-8-16(9-7-15)28-11-10-25-21(29)14-28/h1-9,12H,10-11,14H2,(H,25,29)(H3,24,26,27). The molecule has 30 heavy (non-hydrogen) atoms. The van der Waals surface area contributed by atoms with Gasteiger partial charge in [0.2, 0.25) is 11.8 Å². The molecule has 0 bridgehead atoms. The first-order chi connectivity index (χ1) is 14.6. The van der Waals surface area contributed by atoms with E-state index in [1.165, 1.54) is 0 Å². The number of amides is 1. The number of nitrogens with zero attached hydrogens (tertiary/aromatic N) is 3. The number of anilines is 4. The van der Waals surface area contributed by atoms with Crippen molar-refractivity contribution < 1.29 is 9.53 Å². The molecule has 1 fully saturated rings. The first-order valence-corrected chi connectivity index (χ1v) is 9.44. The zero-order chi connectivity index (χ0) is 20.9. The van der Waals surface area contributed by atoms with E-state index in [0.717, 1.165) is 17.9 Å². The number of nitriles is 1. The van der Waals surface area contributed by atoms with Crippen LogP contribution >= 0.6 is 0 Å². The van der Waals surface area contributed by atoms with Crippen molar-refractivity contribution in [2.75, 3.05) is 35.6 Å². The number of para-hydroxylation sites is 1. The average molecular weight is 400 g/mol. The Morgan fingerprint density at radius 1 is 1.17 bits per heavy atom. The van der Waals surface area contributed by atoms with Crippen LogP contribution in [0.2, 0.25) is 0 Å². The molecule has 3 aromatic rings. The number of carbonyl (C=O) groups is 1. The molecule has 1 saturated heterocycles. The van der Waals surface area contributed by atoms with Gasteiger partial charge < -0.3 is 26.0 Å². The van der Waals surface area contributed by atoms with E-state index in [4.69, 9.17) is 10.5 Å². The van der Waals surface area contributed by atoms with Gasteiger partial charge in [-0.25, -0.2) is 0 Å². The van der Waals surface area contributed by atoms with Crippen molar-refractivity contribution in [2.45, 2.75) is 0 Å². The van der Waals surface area contributed by atoms with E-state index in [-0.39, 0.29) is 23.0 Å². The second-order valence-electron chi connectivity index (χ2n) is 6.75. The van der Waals surface area contributed by atoms with Gasteiger partial charge in [0.05, 0.1) is 12.2 Å². The zero-order valence-electron chi connectivity index (χ0n) is 16.1. The van der Waals surface area contributed by atoms with Gasteiger partial charge in [-0.15, -0.1) is 0 Å². The summed E-state index contributed by atoms with van der Waals surface area (Å²) in [6.45, 7) is 1.75. The predicted molar refractivity (Wildman–Crippen MR) is 115 cm³/mol. The summed E-state index contributed by atoms with van der Waals surface area (Å²) < 4.78 is 5.77. The lowest BCUT2D eigenvalue weighted by Crippen LogP contribution is -2.47. The molecule has 0 atom stereocenters. The quantitative estimate of drug-likeness (QED) is 0.603. The lowest BCUT2D eigenvalue weighted by Gasteiger charge is -2.28. The fourth-order valence-electron chi connectivity index (χ4n) is 3.15. The molecule has 1 amide bonds. The molecular formula is C22H20N6O2. The highest BCUT2D eigenvalue weighted by atomic mass is 16.5. The van der Waals surface area contributed by atoms with E-state index in [1.54, 1.807) is 18.2 Å². The molecule has 4 rings (SSSR count). The highest BCUT2D eigenvalue weighted by Gasteiger charge is 2.17. The second-order valence-corrected chi connectivity index (χ2v) is 6.75. The molecule has 8 heteroatoms. The average Bonchev–Trinajstić information content (AvgIpc) is 2.75. The Labute approximate surface area is 173 Å². The van der Waals surface area contributed by atoms with Gasteiger partial charge in [0.1, 0.15) is 23.2 Å². The van der Waals surface area contributed by atoms with Crippen LogP contribution in [0.5, 0.6) is 11.6 Å². The summed E-state index contributed by atoms with van der Waals surface area (Å²) in [6.07, 6.45) is 0. The number of hydrogen-bond acceptors (Lipinski definition) is 7. The van der Waals surface area contributed by atoms with E-state index in [0.29, 0.717) is 24.7 Å². The van der Waals surface area contributed by atoms with Crippen LogP contribution in [-0.2, 0) is 4.79 Å². The van der Waals surface area contributed by atoms with Crippen LogP contribution in [0.3, 0.4) is 0 Å². The Morgan fingerprint density at radius 2 is 1.93 bits per heavy atom.